The normalized spacial score (nSPS) is 24.3. The molecule has 1 aliphatic heterocycles. The van der Waals surface area contributed by atoms with Gasteiger partial charge in [0, 0.05) is 18.6 Å². The number of aliphatic hydroxyl groups excluding tert-OH is 1. The average molecular weight is 272 g/mol. The van der Waals surface area contributed by atoms with Crippen molar-refractivity contribution in [3.05, 3.63) is 0 Å². The number of nitrogens with one attached hydrogen (secondary N) is 1. The van der Waals surface area contributed by atoms with Gasteiger partial charge < -0.3 is 15.2 Å². The summed E-state index contributed by atoms with van der Waals surface area (Å²) in [5, 5.41) is 13.1. The van der Waals surface area contributed by atoms with Gasteiger partial charge in [-0.15, -0.1) is 0 Å². The molecule has 0 aromatic rings. The fourth-order valence-electron chi connectivity index (χ4n) is 2.88. The summed E-state index contributed by atoms with van der Waals surface area (Å²) < 4.78 is 5.69. The maximum Gasteiger partial charge on any atom is 0.0700 e. The van der Waals surface area contributed by atoms with Crippen LogP contribution in [0.1, 0.15) is 46.5 Å². The van der Waals surface area contributed by atoms with E-state index in [1.54, 1.807) is 0 Å². The highest BCUT2D eigenvalue weighted by atomic mass is 16.5. The zero-order valence-corrected chi connectivity index (χ0v) is 13.0. The summed E-state index contributed by atoms with van der Waals surface area (Å²) in [5.74, 6) is 0. The largest absolute Gasteiger partial charge is 0.394 e. The molecule has 1 fully saturated rings. The molecule has 1 rings (SSSR count). The Morgan fingerprint density at radius 1 is 1.37 bits per heavy atom. The molecule has 2 atom stereocenters. The summed E-state index contributed by atoms with van der Waals surface area (Å²) in [6, 6.07) is 0. The first-order valence-corrected chi connectivity index (χ1v) is 7.89. The fraction of sp³-hybridized carbons (Fsp3) is 1.00. The summed E-state index contributed by atoms with van der Waals surface area (Å²) in [6.07, 6.45) is 4.68. The Labute approximate surface area is 118 Å². The molecule has 1 heterocycles. The van der Waals surface area contributed by atoms with Crippen LogP contribution in [-0.2, 0) is 4.74 Å². The van der Waals surface area contributed by atoms with Crippen LogP contribution in [0.25, 0.3) is 0 Å². The number of nitrogens with zero attached hydrogens (tertiary/aromatic N) is 1. The van der Waals surface area contributed by atoms with Gasteiger partial charge in [0.25, 0.3) is 0 Å². The third kappa shape index (κ3) is 5.38. The first kappa shape index (κ1) is 16.9. The molecule has 0 saturated carbocycles. The van der Waals surface area contributed by atoms with Crippen LogP contribution in [-0.4, -0.2) is 61.0 Å². The molecule has 2 unspecified atom stereocenters. The summed E-state index contributed by atoms with van der Waals surface area (Å²) in [7, 11) is 0. The van der Waals surface area contributed by atoms with E-state index in [2.05, 4.69) is 31.0 Å². The summed E-state index contributed by atoms with van der Waals surface area (Å²) in [4.78, 5) is 2.50. The number of hydrogen-bond donors (Lipinski definition) is 2. The molecular formula is C15H32N2O2. The lowest BCUT2D eigenvalue weighted by atomic mass is 9.91. The first-order chi connectivity index (χ1) is 9.19. The second kappa shape index (κ2) is 8.90. The number of rotatable bonds is 9. The van der Waals surface area contributed by atoms with Gasteiger partial charge in [0.1, 0.15) is 0 Å². The van der Waals surface area contributed by atoms with Crippen molar-refractivity contribution >= 4 is 0 Å². The SMILES string of the molecule is CCNC(CC)(CO)CCCN1CCOC(CC)C1. The van der Waals surface area contributed by atoms with Crippen LogP contribution in [0.3, 0.4) is 0 Å². The lowest BCUT2D eigenvalue weighted by Crippen LogP contribution is -2.49. The van der Waals surface area contributed by atoms with Crippen molar-refractivity contribution in [2.24, 2.45) is 0 Å². The van der Waals surface area contributed by atoms with E-state index in [0.29, 0.717) is 6.10 Å². The Bertz CT molecular complexity index is 232. The van der Waals surface area contributed by atoms with Crippen molar-refractivity contribution in [2.45, 2.75) is 58.1 Å². The summed E-state index contributed by atoms with van der Waals surface area (Å²) in [5.41, 5.74) is -0.0782. The number of ether oxygens (including phenoxy) is 1. The van der Waals surface area contributed by atoms with Crippen molar-refractivity contribution in [2.75, 3.05) is 39.4 Å². The van der Waals surface area contributed by atoms with E-state index >= 15 is 0 Å². The van der Waals surface area contributed by atoms with E-state index in [9.17, 15) is 5.11 Å². The Morgan fingerprint density at radius 3 is 2.74 bits per heavy atom. The minimum Gasteiger partial charge on any atom is -0.394 e. The van der Waals surface area contributed by atoms with Crippen molar-refractivity contribution in [1.29, 1.82) is 0 Å². The molecule has 0 bridgehead atoms. The summed E-state index contributed by atoms with van der Waals surface area (Å²) in [6.45, 7) is 11.7. The van der Waals surface area contributed by atoms with Crippen LogP contribution in [0.2, 0.25) is 0 Å². The highest BCUT2D eigenvalue weighted by Gasteiger charge is 2.26. The highest BCUT2D eigenvalue weighted by molar-refractivity contribution is 4.86. The monoisotopic (exact) mass is 272 g/mol. The standard InChI is InChI=1S/C15H32N2O2/c1-4-14-12-17(10-11-19-14)9-7-8-15(5-2,13-18)16-6-3/h14,16,18H,4-13H2,1-3H3. The molecule has 0 spiro atoms. The molecular weight excluding hydrogens is 240 g/mol. The molecule has 0 amide bonds. The smallest absolute Gasteiger partial charge is 0.0700 e. The fourth-order valence-corrected chi connectivity index (χ4v) is 2.88. The van der Waals surface area contributed by atoms with Crippen LogP contribution < -0.4 is 5.32 Å². The zero-order valence-electron chi connectivity index (χ0n) is 13.0. The number of aliphatic hydroxyl groups is 1. The Kier molecular flexibility index (Phi) is 7.91. The Morgan fingerprint density at radius 2 is 2.16 bits per heavy atom. The molecule has 1 saturated heterocycles. The van der Waals surface area contributed by atoms with Crippen LogP contribution in [0.4, 0.5) is 0 Å². The van der Waals surface area contributed by atoms with Gasteiger partial charge in [-0.05, 0) is 38.8 Å². The molecule has 0 aromatic carbocycles. The maximum absolute atomic E-state index is 9.63. The molecule has 0 aromatic heterocycles. The molecule has 0 aliphatic carbocycles. The van der Waals surface area contributed by atoms with Gasteiger partial charge in [-0.25, -0.2) is 0 Å². The summed E-state index contributed by atoms with van der Waals surface area (Å²) >= 11 is 0. The molecule has 4 heteroatoms. The van der Waals surface area contributed by atoms with Crippen molar-refractivity contribution in [3.63, 3.8) is 0 Å². The average Bonchev–Trinajstić information content (AvgIpc) is 2.46. The second-order valence-corrected chi connectivity index (χ2v) is 5.63. The van der Waals surface area contributed by atoms with E-state index in [4.69, 9.17) is 4.74 Å². The van der Waals surface area contributed by atoms with E-state index in [0.717, 1.165) is 58.5 Å². The van der Waals surface area contributed by atoms with Gasteiger partial charge in [-0.1, -0.05) is 20.8 Å². The molecule has 4 nitrogen and oxygen atoms in total. The second-order valence-electron chi connectivity index (χ2n) is 5.63. The van der Waals surface area contributed by atoms with E-state index in [1.165, 1.54) is 0 Å². The third-order valence-corrected chi connectivity index (χ3v) is 4.34. The number of morpholine rings is 1. The van der Waals surface area contributed by atoms with E-state index < -0.39 is 0 Å². The van der Waals surface area contributed by atoms with Gasteiger partial charge in [-0.3, -0.25) is 4.90 Å². The van der Waals surface area contributed by atoms with Crippen LogP contribution in [0.15, 0.2) is 0 Å². The van der Waals surface area contributed by atoms with Crippen molar-refractivity contribution < 1.29 is 9.84 Å². The van der Waals surface area contributed by atoms with Gasteiger partial charge in [0.15, 0.2) is 0 Å². The lowest BCUT2D eigenvalue weighted by Gasteiger charge is -2.35. The quantitative estimate of drug-likeness (QED) is 0.669. The first-order valence-electron chi connectivity index (χ1n) is 7.89. The zero-order chi connectivity index (χ0) is 14.1. The van der Waals surface area contributed by atoms with Gasteiger partial charge in [0.2, 0.25) is 0 Å². The van der Waals surface area contributed by atoms with Crippen molar-refractivity contribution in [1.82, 2.24) is 10.2 Å². The van der Waals surface area contributed by atoms with Gasteiger partial charge in [0.05, 0.1) is 19.3 Å². The molecule has 114 valence electrons. The van der Waals surface area contributed by atoms with Gasteiger partial charge >= 0.3 is 0 Å². The topological polar surface area (TPSA) is 44.7 Å². The van der Waals surface area contributed by atoms with Crippen LogP contribution >= 0.6 is 0 Å². The molecule has 2 N–H and O–H groups in total. The maximum atomic E-state index is 9.63. The van der Waals surface area contributed by atoms with Crippen LogP contribution in [0.5, 0.6) is 0 Å². The third-order valence-electron chi connectivity index (χ3n) is 4.34. The lowest BCUT2D eigenvalue weighted by molar-refractivity contribution is -0.0307. The molecule has 19 heavy (non-hydrogen) atoms. The van der Waals surface area contributed by atoms with Crippen LogP contribution in [0, 0.1) is 0 Å². The van der Waals surface area contributed by atoms with E-state index in [-0.39, 0.29) is 12.1 Å². The van der Waals surface area contributed by atoms with Crippen molar-refractivity contribution in [3.8, 4) is 0 Å². The minimum absolute atomic E-state index is 0.0782. The predicted octanol–water partition coefficient (Wildman–Crippen LogP) is 1.63. The molecule has 0 radical (unpaired) electrons. The minimum atomic E-state index is -0.0782. The molecule has 1 aliphatic rings. The Balaban J connectivity index is 2.31. The predicted molar refractivity (Wildman–Crippen MR) is 79.5 cm³/mol. The Hall–Kier alpha value is -0.160. The highest BCUT2D eigenvalue weighted by Crippen LogP contribution is 2.18. The number of hydrogen-bond acceptors (Lipinski definition) is 4. The van der Waals surface area contributed by atoms with E-state index in [1.807, 2.05) is 0 Å². The number of likely N-dealkylation sites (N-methyl/N-ethyl adjacent to an activating group) is 1. The van der Waals surface area contributed by atoms with Gasteiger partial charge in [-0.2, -0.15) is 0 Å².